The first-order valence-corrected chi connectivity index (χ1v) is 1.50. The fourth-order valence-corrected chi connectivity index (χ4v) is 0. The lowest BCUT2D eigenvalue weighted by Gasteiger charge is -1.31. The molecule has 0 amide bonds. The maximum Gasteiger partial charge on any atom is 0.0905 e. The molecule has 0 atom stereocenters. The maximum atomic E-state index is 7.51. The van der Waals surface area contributed by atoms with Gasteiger partial charge in [-0.05, 0) is 7.05 Å². The van der Waals surface area contributed by atoms with Gasteiger partial charge < -0.3 is 5.73 Å². The molecule has 2 nitrogen and oxygen atoms in total. The molecular formula is C4H8N2. The van der Waals surface area contributed by atoms with Crippen molar-refractivity contribution in [3.05, 3.63) is 12.7 Å². The highest BCUT2D eigenvalue weighted by molar-refractivity contribution is 4.93. The predicted octanol–water partition coefficient (Wildman–Crippen LogP) is 0.271. The summed E-state index contributed by atoms with van der Waals surface area (Å²) in [4.78, 5) is 0. The Bertz CT molecular complexity index is 51.1. The lowest BCUT2D eigenvalue weighted by molar-refractivity contribution is 1.48. The van der Waals surface area contributed by atoms with Gasteiger partial charge in [-0.2, -0.15) is 5.26 Å². The molecule has 2 N–H and O–H groups in total. The van der Waals surface area contributed by atoms with E-state index >= 15 is 0 Å². The molecule has 0 aliphatic heterocycles. The van der Waals surface area contributed by atoms with E-state index < -0.39 is 0 Å². The maximum absolute atomic E-state index is 7.51. The van der Waals surface area contributed by atoms with E-state index in [9.17, 15) is 0 Å². The van der Waals surface area contributed by atoms with Crippen LogP contribution in [0.2, 0.25) is 0 Å². The summed E-state index contributed by atoms with van der Waals surface area (Å²) in [5.74, 6) is 0. The van der Waals surface area contributed by atoms with E-state index in [1.54, 1.807) is 6.07 Å². The topological polar surface area (TPSA) is 49.8 Å². The van der Waals surface area contributed by atoms with Gasteiger partial charge in [-0.15, -0.1) is 0 Å². The van der Waals surface area contributed by atoms with Crippen molar-refractivity contribution in [3.63, 3.8) is 0 Å². The molecule has 0 aromatic rings. The molecule has 2 heteroatoms. The van der Waals surface area contributed by atoms with Gasteiger partial charge in [0.2, 0.25) is 0 Å². The summed E-state index contributed by atoms with van der Waals surface area (Å²) in [6.45, 7) is 3.12. The molecule has 0 unspecified atom stereocenters. The highest BCUT2D eigenvalue weighted by atomic mass is 14.4. The van der Waals surface area contributed by atoms with Gasteiger partial charge in [0, 0.05) is 6.08 Å². The Morgan fingerprint density at radius 1 is 1.83 bits per heavy atom. The molecule has 0 saturated heterocycles. The third-order valence-electron chi connectivity index (χ3n) is 0.0913. The number of nitrogens with two attached hydrogens (primary N) is 1. The van der Waals surface area contributed by atoms with Crippen LogP contribution in [0.3, 0.4) is 0 Å². The molecule has 0 bridgehead atoms. The van der Waals surface area contributed by atoms with Gasteiger partial charge in [-0.3, -0.25) is 0 Å². The van der Waals surface area contributed by atoms with Crippen LogP contribution in [0.25, 0.3) is 0 Å². The van der Waals surface area contributed by atoms with Crippen molar-refractivity contribution in [1.82, 2.24) is 0 Å². The molecule has 0 aromatic heterocycles. The van der Waals surface area contributed by atoms with E-state index in [0.717, 1.165) is 0 Å². The minimum atomic E-state index is 1.18. The smallest absolute Gasteiger partial charge is 0.0905 e. The molecule has 0 heterocycles. The molecule has 0 aromatic carbocycles. The van der Waals surface area contributed by atoms with Crippen LogP contribution in [-0.4, -0.2) is 7.05 Å². The van der Waals surface area contributed by atoms with Crippen LogP contribution in [0.4, 0.5) is 0 Å². The molecular weight excluding hydrogens is 76.1 g/mol. The van der Waals surface area contributed by atoms with Gasteiger partial charge in [0.1, 0.15) is 0 Å². The van der Waals surface area contributed by atoms with Gasteiger partial charge in [0.05, 0.1) is 6.07 Å². The van der Waals surface area contributed by atoms with Gasteiger partial charge in [-0.25, -0.2) is 0 Å². The van der Waals surface area contributed by atoms with Crippen LogP contribution in [-0.2, 0) is 0 Å². The third-order valence-corrected chi connectivity index (χ3v) is 0.0913. The van der Waals surface area contributed by atoms with Crippen molar-refractivity contribution >= 4 is 0 Å². The molecule has 0 rings (SSSR count). The highest BCUT2D eigenvalue weighted by Crippen LogP contribution is 1.41. The quantitative estimate of drug-likeness (QED) is 0.428. The second-order valence-electron chi connectivity index (χ2n) is 0.333. The monoisotopic (exact) mass is 84.1 g/mol. The van der Waals surface area contributed by atoms with Crippen LogP contribution in [0, 0.1) is 11.3 Å². The number of rotatable bonds is 0. The first-order chi connectivity index (χ1) is 2.91. The summed E-state index contributed by atoms with van der Waals surface area (Å²) in [5, 5.41) is 7.51. The molecule has 0 spiro atoms. The molecule has 0 fully saturated rings. The summed E-state index contributed by atoms with van der Waals surface area (Å²) in [5.41, 5.74) is 4.50. The first kappa shape index (κ1) is 8.95. The zero-order chi connectivity index (χ0) is 5.41. The van der Waals surface area contributed by atoms with Crippen LogP contribution in [0.5, 0.6) is 0 Å². The number of hydrogen-bond donors (Lipinski definition) is 1. The SMILES string of the molecule is C=CC#N.CN. The zero-order valence-electron chi connectivity index (χ0n) is 3.81. The Labute approximate surface area is 37.9 Å². The summed E-state index contributed by atoms with van der Waals surface area (Å²) in [6.07, 6.45) is 1.18. The summed E-state index contributed by atoms with van der Waals surface area (Å²) in [6, 6.07) is 1.69. The molecule has 6 heavy (non-hydrogen) atoms. The number of hydrogen-bond acceptors (Lipinski definition) is 2. The van der Waals surface area contributed by atoms with E-state index in [0.29, 0.717) is 0 Å². The van der Waals surface area contributed by atoms with Gasteiger partial charge in [-0.1, -0.05) is 6.58 Å². The van der Waals surface area contributed by atoms with Gasteiger partial charge in [0.15, 0.2) is 0 Å². The van der Waals surface area contributed by atoms with Crippen molar-refractivity contribution in [2.45, 2.75) is 0 Å². The first-order valence-electron chi connectivity index (χ1n) is 1.50. The van der Waals surface area contributed by atoms with Crippen LogP contribution < -0.4 is 5.73 Å². The third kappa shape index (κ3) is 424. The minimum absolute atomic E-state index is 1.18. The van der Waals surface area contributed by atoms with Crippen molar-refractivity contribution in [2.24, 2.45) is 5.73 Å². The normalized spacial score (nSPS) is 3.50. The largest absolute Gasteiger partial charge is 0.333 e. The summed E-state index contributed by atoms with van der Waals surface area (Å²) < 4.78 is 0. The van der Waals surface area contributed by atoms with Gasteiger partial charge in [0.25, 0.3) is 0 Å². The second-order valence-corrected chi connectivity index (χ2v) is 0.333. The van der Waals surface area contributed by atoms with E-state index in [1.807, 2.05) is 0 Å². The Morgan fingerprint density at radius 2 is 2.00 bits per heavy atom. The fraction of sp³-hybridized carbons (Fsp3) is 0.250. The zero-order valence-corrected chi connectivity index (χ0v) is 3.81. The van der Waals surface area contributed by atoms with E-state index in [1.165, 1.54) is 13.1 Å². The average molecular weight is 84.1 g/mol. The standard InChI is InChI=1S/C3H3N.CH5N/c1-2-3-4;1-2/h2H,1H2;2H2,1H3. The van der Waals surface area contributed by atoms with E-state index in [4.69, 9.17) is 5.26 Å². The van der Waals surface area contributed by atoms with Crippen molar-refractivity contribution in [1.29, 1.82) is 5.26 Å². The second kappa shape index (κ2) is 30.1. The Kier molecular flexibility index (Phi) is 44.9. The Balaban J connectivity index is 0. The van der Waals surface area contributed by atoms with Crippen LogP contribution >= 0.6 is 0 Å². The van der Waals surface area contributed by atoms with Crippen LogP contribution in [0.15, 0.2) is 12.7 Å². The lowest BCUT2D eigenvalue weighted by Crippen LogP contribution is -1.69. The highest BCUT2D eigenvalue weighted by Gasteiger charge is 1.34. The Hall–Kier alpha value is -0.810. The average Bonchev–Trinajstić information content (AvgIpc) is 1.72. The summed E-state index contributed by atoms with van der Waals surface area (Å²) in [7, 11) is 1.50. The molecule has 0 saturated carbocycles. The van der Waals surface area contributed by atoms with Crippen LogP contribution in [0.1, 0.15) is 0 Å². The number of nitriles is 1. The number of allylic oxidation sites excluding steroid dienone is 1. The summed E-state index contributed by atoms with van der Waals surface area (Å²) >= 11 is 0. The van der Waals surface area contributed by atoms with E-state index in [-0.39, 0.29) is 0 Å². The molecule has 0 aliphatic rings. The molecule has 0 aliphatic carbocycles. The number of nitrogens with zero attached hydrogens (tertiary/aromatic N) is 1. The van der Waals surface area contributed by atoms with Crippen molar-refractivity contribution in [3.8, 4) is 6.07 Å². The van der Waals surface area contributed by atoms with Gasteiger partial charge >= 0.3 is 0 Å². The predicted molar refractivity (Wildman–Crippen MR) is 25.9 cm³/mol. The molecule has 0 radical (unpaired) electrons. The van der Waals surface area contributed by atoms with Crippen molar-refractivity contribution < 1.29 is 0 Å². The molecule has 34 valence electrons. The minimum Gasteiger partial charge on any atom is -0.333 e. The fourth-order valence-electron chi connectivity index (χ4n) is 0. The van der Waals surface area contributed by atoms with E-state index in [2.05, 4.69) is 12.3 Å². The lowest BCUT2D eigenvalue weighted by atomic mass is 10.8. The van der Waals surface area contributed by atoms with Crippen molar-refractivity contribution in [2.75, 3.05) is 7.05 Å². The Morgan fingerprint density at radius 3 is 2.00 bits per heavy atom.